The number of carbonyl (C=O) groups is 2. The molecule has 0 bridgehead atoms. The van der Waals surface area contributed by atoms with Crippen LogP contribution in [-0.4, -0.2) is 70.0 Å². The van der Waals surface area contributed by atoms with Crippen LogP contribution in [0.15, 0.2) is 48.6 Å². The van der Waals surface area contributed by atoms with Gasteiger partial charge in [-0.05, 0) is 51.4 Å². The molecule has 0 saturated carbocycles. The fourth-order valence-corrected chi connectivity index (χ4v) is 4.17. The molecule has 0 N–H and O–H groups in total. The smallest absolute Gasteiger partial charge is 0.306 e. The van der Waals surface area contributed by atoms with E-state index in [1.165, 1.54) is 0 Å². The zero-order chi connectivity index (χ0) is 31.5. The molecule has 0 saturated heterocycles. The number of phosphoric ester groups is 1. The first-order valence-corrected chi connectivity index (χ1v) is 16.8. The van der Waals surface area contributed by atoms with Crippen molar-refractivity contribution in [1.29, 1.82) is 0 Å². The number of allylic oxidation sites excluding steroid dienone is 8. The Hall–Kier alpha value is -2.03. The molecule has 0 rings (SSSR count). The average Bonchev–Trinajstić information content (AvgIpc) is 2.91. The largest absolute Gasteiger partial charge is 0.756 e. The third-order valence-corrected chi connectivity index (χ3v) is 6.80. The van der Waals surface area contributed by atoms with Crippen molar-refractivity contribution in [2.75, 3.05) is 47.5 Å². The van der Waals surface area contributed by atoms with Gasteiger partial charge in [0.2, 0.25) is 0 Å². The highest BCUT2D eigenvalue weighted by atomic mass is 31.2. The standard InChI is InChI=1S/C32H56NO8P/c1-6-8-9-10-11-12-13-14-15-16-17-18-19-20-21-22-23-25-32(35)41-30(28-38-31(34)24-7-2)29-40-42(36,37)39-27-26-33(3,4)5/h8-9,11-12,14-15,17-18,30H,6-7,10,13,16,19-29H2,1-5H3/b9-8-,12-11-,15-14-,18-17-. The Bertz CT molecular complexity index is 876. The van der Waals surface area contributed by atoms with Crippen LogP contribution in [0.25, 0.3) is 0 Å². The normalized spacial score (nSPS) is 14.7. The first-order chi connectivity index (χ1) is 20.0. The van der Waals surface area contributed by atoms with Gasteiger partial charge in [-0.15, -0.1) is 0 Å². The summed E-state index contributed by atoms with van der Waals surface area (Å²) in [6.45, 7) is 3.64. The third kappa shape index (κ3) is 28.1. The van der Waals surface area contributed by atoms with Crippen LogP contribution in [0, 0.1) is 0 Å². The van der Waals surface area contributed by atoms with E-state index in [4.69, 9.17) is 18.5 Å². The lowest BCUT2D eigenvalue weighted by molar-refractivity contribution is -0.870. The van der Waals surface area contributed by atoms with Crippen molar-refractivity contribution in [2.45, 2.75) is 97.0 Å². The van der Waals surface area contributed by atoms with Gasteiger partial charge in [-0.25, -0.2) is 0 Å². The Kier molecular flexibility index (Phi) is 24.2. The van der Waals surface area contributed by atoms with Gasteiger partial charge in [0.15, 0.2) is 6.10 Å². The first kappa shape index (κ1) is 40.0. The number of quaternary nitrogens is 1. The van der Waals surface area contributed by atoms with Crippen molar-refractivity contribution < 1.29 is 42.1 Å². The minimum atomic E-state index is -4.60. The van der Waals surface area contributed by atoms with E-state index in [-0.39, 0.29) is 26.1 Å². The molecule has 0 aliphatic carbocycles. The molecule has 0 aromatic heterocycles. The molecule has 9 nitrogen and oxygen atoms in total. The molecule has 0 fully saturated rings. The number of phosphoric acid groups is 1. The van der Waals surface area contributed by atoms with Crippen molar-refractivity contribution >= 4 is 19.8 Å². The first-order valence-electron chi connectivity index (χ1n) is 15.3. The van der Waals surface area contributed by atoms with E-state index in [2.05, 4.69) is 55.5 Å². The van der Waals surface area contributed by atoms with Crippen LogP contribution in [0.5, 0.6) is 0 Å². The van der Waals surface area contributed by atoms with Crippen LogP contribution in [0.4, 0.5) is 0 Å². The Balaban J connectivity index is 4.27. The summed E-state index contributed by atoms with van der Waals surface area (Å²) in [5, 5.41) is 0. The molecule has 0 aromatic rings. The van der Waals surface area contributed by atoms with E-state index in [1.54, 1.807) is 0 Å². The maximum Gasteiger partial charge on any atom is 0.306 e. The molecular formula is C32H56NO8P. The highest BCUT2D eigenvalue weighted by Gasteiger charge is 2.21. The molecule has 0 amide bonds. The number of esters is 2. The van der Waals surface area contributed by atoms with Gasteiger partial charge < -0.3 is 27.9 Å². The highest BCUT2D eigenvalue weighted by molar-refractivity contribution is 7.45. The molecule has 0 spiro atoms. The number of hydrogen-bond acceptors (Lipinski definition) is 8. The second kappa shape index (κ2) is 25.5. The summed E-state index contributed by atoms with van der Waals surface area (Å²) in [7, 11) is 1.13. The summed E-state index contributed by atoms with van der Waals surface area (Å²) < 4.78 is 33.0. The number of rotatable bonds is 26. The minimum Gasteiger partial charge on any atom is -0.756 e. The van der Waals surface area contributed by atoms with Crippen LogP contribution in [0.2, 0.25) is 0 Å². The topological polar surface area (TPSA) is 111 Å². The summed E-state index contributed by atoms with van der Waals surface area (Å²) in [6.07, 6.45) is 25.9. The summed E-state index contributed by atoms with van der Waals surface area (Å²) in [4.78, 5) is 36.2. The molecule has 0 aliphatic heterocycles. The number of ether oxygens (including phenoxy) is 2. The average molecular weight is 614 g/mol. The zero-order valence-corrected chi connectivity index (χ0v) is 27.6. The lowest BCUT2D eigenvalue weighted by atomic mass is 10.1. The van der Waals surface area contributed by atoms with Crippen molar-refractivity contribution in [2.24, 2.45) is 0 Å². The number of carbonyl (C=O) groups excluding carboxylic acids is 2. The Labute approximate surface area is 254 Å². The molecule has 42 heavy (non-hydrogen) atoms. The molecule has 10 heteroatoms. The molecule has 0 aromatic carbocycles. The van der Waals surface area contributed by atoms with Gasteiger partial charge in [0, 0.05) is 12.8 Å². The van der Waals surface area contributed by atoms with Gasteiger partial charge in [0.05, 0.1) is 27.7 Å². The molecule has 0 radical (unpaired) electrons. The molecular weight excluding hydrogens is 557 g/mol. The number of hydrogen-bond donors (Lipinski definition) is 0. The van der Waals surface area contributed by atoms with Crippen molar-refractivity contribution in [1.82, 2.24) is 0 Å². The molecule has 2 atom stereocenters. The van der Waals surface area contributed by atoms with Crippen molar-refractivity contribution in [3.8, 4) is 0 Å². The predicted molar refractivity (Wildman–Crippen MR) is 167 cm³/mol. The van der Waals surface area contributed by atoms with Gasteiger partial charge in [0.25, 0.3) is 7.82 Å². The summed E-state index contributed by atoms with van der Waals surface area (Å²) >= 11 is 0. The SMILES string of the molecule is CC/C=C\C/C=C\C/C=C\C/C=C\CCCCCCC(=O)OC(COC(=O)CCC)COP(=O)([O-])OCC[N+](C)(C)C. The van der Waals surface area contributed by atoms with Gasteiger partial charge >= 0.3 is 11.9 Å². The van der Waals surface area contributed by atoms with E-state index in [0.29, 0.717) is 23.9 Å². The second-order valence-corrected chi connectivity index (χ2v) is 12.5. The fraction of sp³-hybridized carbons (Fsp3) is 0.688. The van der Waals surface area contributed by atoms with Gasteiger partial charge in [-0.2, -0.15) is 0 Å². The van der Waals surface area contributed by atoms with Gasteiger partial charge in [0.1, 0.15) is 19.8 Å². The molecule has 2 unspecified atom stereocenters. The van der Waals surface area contributed by atoms with E-state index in [1.807, 2.05) is 28.1 Å². The zero-order valence-electron chi connectivity index (χ0n) is 26.7. The Morgan fingerprint density at radius 2 is 1.36 bits per heavy atom. The predicted octanol–water partition coefficient (Wildman–Crippen LogP) is 6.60. The van der Waals surface area contributed by atoms with Crippen LogP contribution < -0.4 is 4.89 Å². The van der Waals surface area contributed by atoms with E-state index >= 15 is 0 Å². The monoisotopic (exact) mass is 613 g/mol. The van der Waals surface area contributed by atoms with Crippen LogP contribution >= 0.6 is 7.82 Å². The Morgan fingerprint density at radius 1 is 0.762 bits per heavy atom. The second-order valence-electron chi connectivity index (χ2n) is 11.1. The lowest BCUT2D eigenvalue weighted by Gasteiger charge is -2.28. The van der Waals surface area contributed by atoms with Crippen molar-refractivity contribution in [3.63, 3.8) is 0 Å². The quantitative estimate of drug-likeness (QED) is 0.0353. The summed E-state index contributed by atoms with van der Waals surface area (Å²) in [5.41, 5.74) is 0. The van der Waals surface area contributed by atoms with Crippen LogP contribution in [-0.2, 0) is 32.7 Å². The summed E-state index contributed by atoms with van der Waals surface area (Å²) in [6, 6.07) is 0. The molecule has 0 heterocycles. The van der Waals surface area contributed by atoms with E-state index < -0.39 is 32.5 Å². The third-order valence-electron chi connectivity index (χ3n) is 5.83. The number of unbranched alkanes of at least 4 members (excludes halogenated alkanes) is 4. The number of nitrogens with zero attached hydrogens (tertiary/aromatic N) is 1. The molecule has 242 valence electrons. The fourth-order valence-electron chi connectivity index (χ4n) is 3.44. The highest BCUT2D eigenvalue weighted by Crippen LogP contribution is 2.38. The van der Waals surface area contributed by atoms with Crippen molar-refractivity contribution in [3.05, 3.63) is 48.6 Å². The lowest BCUT2D eigenvalue weighted by Crippen LogP contribution is -2.37. The van der Waals surface area contributed by atoms with Crippen LogP contribution in [0.3, 0.4) is 0 Å². The van der Waals surface area contributed by atoms with Crippen LogP contribution in [0.1, 0.15) is 90.9 Å². The minimum absolute atomic E-state index is 0.0392. The van der Waals surface area contributed by atoms with E-state index in [9.17, 15) is 19.0 Å². The Morgan fingerprint density at radius 3 is 1.95 bits per heavy atom. The maximum atomic E-state index is 12.4. The maximum absolute atomic E-state index is 12.4. The molecule has 0 aliphatic rings. The summed E-state index contributed by atoms with van der Waals surface area (Å²) in [5.74, 6) is -0.933. The van der Waals surface area contributed by atoms with Gasteiger partial charge in [-0.3, -0.25) is 14.2 Å². The van der Waals surface area contributed by atoms with Gasteiger partial charge in [-0.1, -0.05) is 75.3 Å². The number of likely N-dealkylation sites (N-methyl/N-ethyl adjacent to an activating group) is 1. The van der Waals surface area contributed by atoms with E-state index in [0.717, 1.165) is 51.4 Å².